The summed E-state index contributed by atoms with van der Waals surface area (Å²) in [6, 6.07) is 7.52. The Morgan fingerprint density at radius 2 is 1.84 bits per heavy atom. The van der Waals surface area contributed by atoms with Crippen LogP contribution < -0.4 is 10.3 Å². The van der Waals surface area contributed by atoms with Crippen molar-refractivity contribution in [1.29, 1.82) is 0 Å². The minimum atomic E-state index is -3.84. The Balaban J connectivity index is 2.53. The van der Waals surface area contributed by atoms with Crippen molar-refractivity contribution in [2.45, 2.75) is 18.2 Å². The van der Waals surface area contributed by atoms with Crippen LogP contribution in [0.2, 0.25) is 0 Å². The molecule has 0 heterocycles. The molecule has 0 spiro atoms. The van der Waals surface area contributed by atoms with Gasteiger partial charge in [0.1, 0.15) is 6.42 Å². The smallest absolute Gasteiger partial charge is 0.315 e. The summed E-state index contributed by atoms with van der Waals surface area (Å²) in [6.07, 6.45) is -0.550. The predicted octanol–water partition coefficient (Wildman–Crippen LogP) is -0.0507. The Hall–Kier alpha value is -1.93. The first-order chi connectivity index (χ1) is 8.95. The molecule has 0 bridgehead atoms. The van der Waals surface area contributed by atoms with Crippen LogP contribution in [0.1, 0.15) is 13.3 Å². The SMILES string of the molecule is CCOC(=O)CC(=O)NNS(=O)(=O)c1ccccc1. The summed E-state index contributed by atoms with van der Waals surface area (Å²) in [6.45, 7) is 1.76. The summed E-state index contributed by atoms with van der Waals surface area (Å²) in [5, 5.41) is 0. The van der Waals surface area contributed by atoms with E-state index in [0.717, 1.165) is 0 Å². The molecule has 1 aromatic rings. The van der Waals surface area contributed by atoms with E-state index in [2.05, 4.69) is 4.74 Å². The van der Waals surface area contributed by atoms with Gasteiger partial charge in [0, 0.05) is 0 Å². The fourth-order valence-corrected chi connectivity index (χ4v) is 2.05. The number of amides is 1. The lowest BCUT2D eigenvalue weighted by Crippen LogP contribution is -2.42. The van der Waals surface area contributed by atoms with Crippen LogP contribution in [0.4, 0.5) is 0 Å². The Morgan fingerprint density at radius 3 is 2.42 bits per heavy atom. The molecule has 0 saturated heterocycles. The van der Waals surface area contributed by atoms with Crippen molar-refractivity contribution in [1.82, 2.24) is 10.3 Å². The molecule has 0 unspecified atom stereocenters. The highest BCUT2D eigenvalue weighted by molar-refractivity contribution is 7.89. The molecular formula is C11H14N2O5S. The molecule has 0 aliphatic rings. The molecule has 0 aliphatic carbocycles. The first-order valence-corrected chi connectivity index (χ1v) is 6.95. The van der Waals surface area contributed by atoms with Crippen molar-refractivity contribution in [2.24, 2.45) is 0 Å². The number of ether oxygens (including phenoxy) is 1. The summed E-state index contributed by atoms with van der Waals surface area (Å²) in [7, 11) is -3.84. The van der Waals surface area contributed by atoms with Crippen LogP contribution in [0.3, 0.4) is 0 Å². The Morgan fingerprint density at radius 1 is 1.21 bits per heavy atom. The summed E-state index contributed by atoms with van der Waals surface area (Å²) >= 11 is 0. The van der Waals surface area contributed by atoms with Gasteiger partial charge in [-0.3, -0.25) is 15.0 Å². The number of nitrogens with one attached hydrogen (secondary N) is 2. The molecule has 7 nitrogen and oxygen atoms in total. The van der Waals surface area contributed by atoms with Gasteiger partial charge in [-0.15, -0.1) is 4.83 Å². The quantitative estimate of drug-likeness (QED) is 0.434. The first kappa shape index (κ1) is 15.1. The number of hydrogen-bond acceptors (Lipinski definition) is 5. The van der Waals surface area contributed by atoms with Crippen molar-refractivity contribution < 1.29 is 22.7 Å². The summed E-state index contributed by atoms with van der Waals surface area (Å²) in [5.41, 5.74) is 1.93. The van der Waals surface area contributed by atoms with E-state index in [1.165, 1.54) is 12.1 Å². The number of carbonyl (C=O) groups is 2. The van der Waals surface area contributed by atoms with Crippen LogP contribution in [0.25, 0.3) is 0 Å². The van der Waals surface area contributed by atoms with E-state index in [1.807, 2.05) is 10.3 Å². The molecule has 1 amide bonds. The van der Waals surface area contributed by atoms with Crippen LogP contribution in [-0.4, -0.2) is 26.9 Å². The summed E-state index contributed by atoms with van der Waals surface area (Å²) in [4.78, 5) is 24.1. The van der Waals surface area contributed by atoms with E-state index in [1.54, 1.807) is 25.1 Å². The number of esters is 1. The summed E-state index contributed by atoms with van der Waals surface area (Å²) < 4.78 is 28.0. The average Bonchev–Trinajstić information content (AvgIpc) is 2.38. The lowest BCUT2D eigenvalue weighted by molar-refractivity contribution is -0.146. The number of rotatable bonds is 6. The molecule has 0 aliphatic heterocycles. The highest BCUT2D eigenvalue weighted by Gasteiger charge is 2.16. The van der Waals surface area contributed by atoms with Gasteiger partial charge in [-0.25, -0.2) is 8.42 Å². The zero-order valence-electron chi connectivity index (χ0n) is 10.3. The van der Waals surface area contributed by atoms with Gasteiger partial charge in [-0.1, -0.05) is 18.2 Å². The van der Waals surface area contributed by atoms with E-state index in [-0.39, 0.29) is 11.5 Å². The van der Waals surface area contributed by atoms with Gasteiger partial charge in [0.25, 0.3) is 10.0 Å². The molecule has 104 valence electrons. The Kier molecular flexibility index (Phi) is 5.46. The zero-order chi connectivity index (χ0) is 14.3. The molecule has 0 fully saturated rings. The van der Waals surface area contributed by atoms with Crippen molar-refractivity contribution in [3.63, 3.8) is 0 Å². The van der Waals surface area contributed by atoms with Crippen molar-refractivity contribution in [3.05, 3.63) is 30.3 Å². The second-order valence-electron chi connectivity index (χ2n) is 3.45. The van der Waals surface area contributed by atoms with Gasteiger partial charge >= 0.3 is 5.97 Å². The van der Waals surface area contributed by atoms with Crippen molar-refractivity contribution in [2.75, 3.05) is 6.61 Å². The van der Waals surface area contributed by atoms with E-state index in [9.17, 15) is 18.0 Å². The maximum Gasteiger partial charge on any atom is 0.315 e. The third kappa shape index (κ3) is 5.06. The second kappa shape index (κ2) is 6.86. The van der Waals surface area contributed by atoms with E-state index >= 15 is 0 Å². The van der Waals surface area contributed by atoms with Gasteiger partial charge in [-0.05, 0) is 19.1 Å². The first-order valence-electron chi connectivity index (χ1n) is 5.47. The second-order valence-corrected chi connectivity index (χ2v) is 5.13. The fraction of sp³-hybridized carbons (Fsp3) is 0.273. The highest BCUT2D eigenvalue weighted by Crippen LogP contribution is 2.05. The standard InChI is InChI=1S/C11H14N2O5S/c1-2-18-11(15)8-10(14)12-13-19(16,17)9-6-4-3-5-7-9/h3-7,13H,2,8H2,1H3,(H,12,14). The Labute approximate surface area is 111 Å². The maximum atomic E-state index is 11.7. The minimum absolute atomic E-state index is 0.00596. The molecule has 1 aromatic carbocycles. The number of hydrazine groups is 1. The number of hydrogen-bond donors (Lipinski definition) is 2. The van der Waals surface area contributed by atoms with E-state index in [4.69, 9.17) is 0 Å². The monoisotopic (exact) mass is 286 g/mol. The third-order valence-corrected chi connectivity index (χ3v) is 3.25. The van der Waals surface area contributed by atoms with Crippen LogP contribution in [-0.2, 0) is 24.3 Å². The molecule has 0 aromatic heterocycles. The zero-order valence-corrected chi connectivity index (χ0v) is 11.1. The topological polar surface area (TPSA) is 102 Å². The molecule has 0 atom stereocenters. The van der Waals surface area contributed by atoms with Gasteiger partial charge in [0.2, 0.25) is 5.91 Å². The molecule has 19 heavy (non-hydrogen) atoms. The number of benzene rings is 1. The molecule has 0 saturated carbocycles. The minimum Gasteiger partial charge on any atom is -0.466 e. The fourth-order valence-electron chi connectivity index (χ4n) is 1.17. The Bertz CT molecular complexity index is 541. The lowest BCUT2D eigenvalue weighted by Gasteiger charge is -2.08. The van der Waals surface area contributed by atoms with Crippen LogP contribution in [0, 0.1) is 0 Å². The normalized spacial score (nSPS) is 10.8. The lowest BCUT2D eigenvalue weighted by atomic mass is 10.4. The van der Waals surface area contributed by atoms with Crippen LogP contribution in [0.5, 0.6) is 0 Å². The van der Waals surface area contributed by atoms with Gasteiger partial charge in [0.15, 0.2) is 0 Å². The number of carbonyl (C=O) groups excluding carboxylic acids is 2. The largest absolute Gasteiger partial charge is 0.466 e. The molecule has 0 radical (unpaired) electrons. The predicted molar refractivity (Wildman–Crippen MR) is 66.2 cm³/mol. The number of sulfonamides is 1. The van der Waals surface area contributed by atoms with Gasteiger partial charge in [0.05, 0.1) is 11.5 Å². The van der Waals surface area contributed by atoms with E-state index in [0.29, 0.717) is 0 Å². The maximum absolute atomic E-state index is 11.7. The van der Waals surface area contributed by atoms with Crippen LogP contribution in [0.15, 0.2) is 35.2 Å². The van der Waals surface area contributed by atoms with Crippen LogP contribution >= 0.6 is 0 Å². The third-order valence-electron chi connectivity index (χ3n) is 1.99. The molecule has 2 N–H and O–H groups in total. The molecule has 8 heteroatoms. The van der Waals surface area contributed by atoms with Gasteiger partial charge in [-0.2, -0.15) is 0 Å². The van der Waals surface area contributed by atoms with Crippen molar-refractivity contribution in [3.8, 4) is 0 Å². The summed E-state index contributed by atoms with van der Waals surface area (Å²) in [5.74, 6) is -1.52. The van der Waals surface area contributed by atoms with Gasteiger partial charge < -0.3 is 4.74 Å². The van der Waals surface area contributed by atoms with Crippen molar-refractivity contribution >= 4 is 21.9 Å². The average molecular weight is 286 g/mol. The van der Waals surface area contributed by atoms with E-state index < -0.39 is 28.3 Å². The molecule has 1 rings (SSSR count). The highest BCUT2D eigenvalue weighted by atomic mass is 32.2. The molecular weight excluding hydrogens is 272 g/mol.